The summed E-state index contributed by atoms with van der Waals surface area (Å²) < 4.78 is 56.7. The minimum Gasteiger partial charge on any atom is -0.433 e. The highest BCUT2D eigenvalue weighted by Gasteiger charge is 2.30. The molecule has 1 heterocycles. The number of aromatic nitrogens is 1. The van der Waals surface area contributed by atoms with E-state index < -0.39 is 17.6 Å². The highest BCUT2D eigenvalue weighted by Crippen LogP contribution is 2.32. The van der Waals surface area contributed by atoms with Crippen molar-refractivity contribution >= 4 is 11.1 Å². The van der Waals surface area contributed by atoms with Gasteiger partial charge in [0.05, 0.1) is 5.56 Å². The van der Waals surface area contributed by atoms with E-state index in [9.17, 15) is 17.6 Å². The van der Waals surface area contributed by atoms with Gasteiger partial charge in [-0.2, -0.15) is 13.2 Å². The fraction of sp³-hybridized carbons (Fsp3) is 0.133. The molecule has 0 atom stereocenters. The monoisotopic (exact) mass is 295 g/mol. The molecule has 0 bridgehead atoms. The van der Waals surface area contributed by atoms with Crippen molar-refractivity contribution in [3.8, 4) is 11.5 Å². The van der Waals surface area contributed by atoms with Gasteiger partial charge in [-0.1, -0.05) is 6.07 Å². The van der Waals surface area contributed by atoms with Crippen LogP contribution < -0.4 is 0 Å². The van der Waals surface area contributed by atoms with Crippen molar-refractivity contribution in [1.29, 1.82) is 0 Å². The number of oxazole rings is 1. The number of hydrogen-bond donors (Lipinski definition) is 0. The first kappa shape index (κ1) is 13.6. The summed E-state index contributed by atoms with van der Waals surface area (Å²) in [6.45, 7) is 1.59. The van der Waals surface area contributed by atoms with E-state index >= 15 is 0 Å². The summed E-state index contributed by atoms with van der Waals surface area (Å²) in [5, 5.41) is 0. The van der Waals surface area contributed by atoms with Gasteiger partial charge in [-0.3, -0.25) is 0 Å². The molecule has 0 spiro atoms. The number of aryl methyl sites for hydroxylation is 1. The lowest BCUT2D eigenvalue weighted by molar-refractivity contribution is -0.137. The molecule has 3 aromatic rings. The van der Waals surface area contributed by atoms with E-state index in [1.54, 1.807) is 19.1 Å². The Morgan fingerprint density at radius 1 is 1.00 bits per heavy atom. The van der Waals surface area contributed by atoms with E-state index in [-0.39, 0.29) is 11.5 Å². The summed E-state index contributed by atoms with van der Waals surface area (Å²) in [5.41, 5.74) is 0.344. The molecule has 0 N–H and O–H groups in total. The SMILES string of the molecule is Cc1ccc2nc(-c3ccc(C(F)(F)F)cc3)oc2c1F. The van der Waals surface area contributed by atoms with E-state index in [1.807, 2.05) is 0 Å². The zero-order valence-electron chi connectivity index (χ0n) is 10.8. The molecule has 0 aliphatic rings. The Hall–Kier alpha value is -2.37. The van der Waals surface area contributed by atoms with Crippen molar-refractivity contribution in [1.82, 2.24) is 4.98 Å². The zero-order chi connectivity index (χ0) is 15.2. The molecule has 21 heavy (non-hydrogen) atoms. The first-order valence-corrected chi connectivity index (χ1v) is 6.09. The van der Waals surface area contributed by atoms with Crippen LogP contribution in [0.1, 0.15) is 11.1 Å². The van der Waals surface area contributed by atoms with Crippen LogP contribution >= 0.6 is 0 Å². The summed E-state index contributed by atoms with van der Waals surface area (Å²) in [5.74, 6) is -0.429. The second-order valence-corrected chi connectivity index (χ2v) is 4.64. The van der Waals surface area contributed by atoms with Crippen LogP contribution in [-0.2, 0) is 6.18 Å². The predicted octanol–water partition coefficient (Wildman–Crippen LogP) is 4.96. The maximum absolute atomic E-state index is 13.9. The number of benzene rings is 2. The molecule has 108 valence electrons. The van der Waals surface area contributed by atoms with E-state index in [0.717, 1.165) is 12.1 Å². The largest absolute Gasteiger partial charge is 0.433 e. The molecule has 2 nitrogen and oxygen atoms in total. The quantitative estimate of drug-likeness (QED) is 0.593. The summed E-state index contributed by atoms with van der Waals surface area (Å²) in [4.78, 5) is 4.09. The Labute approximate surface area is 117 Å². The number of rotatable bonds is 1. The summed E-state index contributed by atoms with van der Waals surface area (Å²) >= 11 is 0. The Kier molecular flexibility index (Phi) is 2.97. The molecule has 2 aromatic carbocycles. The zero-order valence-corrected chi connectivity index (χ0v) is 10.8. The molecule has 0 aliphatic carbocycles. The van der Waals surface area contributed by atoms with E-state index in [1.165, 1.54) is 12.1 Å². The number of alkyl halides is 3. The third-order valence-electron chi connectivity index (χ3n) is 3.15. The van der Waals surface area contributed by atoms with Crippen LogP contribution in [0.15, 0.2) is 40.8 Å². The molecule has 0 radical (unpaired) electrons. The van der Waals surface area contributed by atoms with Crippen LogP contribution in [0.4, 0.5) is 17.6 Å². The Morgan fingerprint density at radius 3 is 2.29 bits per heavy atom. The summed E-state index contributed by atoms with van der Waals surface area (Å²) in [6.07, 6.45) is -4.40. The molecule has 0 aliphatic heterocycles. The molecule has 1 aromatic heterocycles. The van der Waals surface area contributed by atoms with E-state index in [0.29, 0.717) is 16.6 Å². The minimum atomic E-state index is -4.40. The summed E-state index contributed by atoms with van der Waals surface area (Å²) in [7, 11) is 0. The van der Waals surface area contributed by atoms with Gasteiger partial charge < -0.3 is 4.42 Å². The highest BCUT2D eigenvalue weighted by atomic mass is 19.4. The van der Waals surface area contributed by atoms with Crippen LogP contribution in [0.2, 0.25) is 0 Å². The third kappa shape index (κ3) is 2.37. The Morgan fingerprint density at radius 2 is 1.67 bits per heavy atom. The van der Waals surface area contributed by atoms with E-state index in [4.69, 9.17) is 4.42 Å². The van der Waals surface area contributed by atoms with Gasteiger partial charge in [-0.15, -0.1) is 0 Å². The van der Waals surface area contributed by atoms with Gasteiger partial charge in [-0.05, 0) is 42.8 Å². The first-order valence-electron chi connectivity index (χ1n) is 6.09. The maximum Gasteiger partial charge on any atom is 0.416 e. The lowest BCUT2D eigenvalue weighted by atomic mass is 10.1. The first-order chi connectivity index (χ1) is 9.86. The van der Waals surface area contributed by atoms with Crippen molar-refractivity contribution in [3.63, 3.8) is 0 Å². The third-order valence-corrected chi connectivity index (χ3v) is 3.15. The molecule has 0 saturated carbocycles. The van der Waals surface area contributed by atoms with Crippen molar-refractivity contribution in [2.45, 2.75) is 13.1 Å². The molecular weight excluding hydrogens is 286 g/mol. The highest BCUT2D eigenvalue weighted by molar-refractivity contribution is 5.77. The van der Waals surface area contributed by atoms with Crippen molar-refractivity contribution in [2.75, 3.05) is 0 Å². The molecular formula is C15H9F4NO. The van der Waals surface area contributed by atoms with Crippen molar-refractivity contribution in [3.05, 3.63) is 53.3 Å². The minimum absolute atomic E-state index is 0.00454. The van der Waals surface area contributed by atoms with Gasteiger partial charge in [0.1, 0.15) is 5.52 Å². The second-order valence-electron chi connectivity index (χ2n) is 4.64. The number of hydrogen-bond acceptors (Lipinski definition) is 2. The van der Waals surface area contributed by atoms with Crippen LogP contribution in [-0.4, -0.2) is 4.98 Å². The normalized spacial score (nSPS) is 12.0. The van der Waals surface area contributed by atoms with Crippen LogP contribution in [0.5, 0.6) is 0 Å². The van der Waals surface area contributed by atoms with Gasteiger partial charge in [0.25, 0.3) is 0 Å². The number of fused-ring (bicyclic) bond motifs is 1. The van der Waals surface area contributed by atoms with Gasteiger partial charge >= 0.3 is 6.18 Å². The molecule has 0 amide bonds. The Bertz CT molecular complexity index is 803. The average molecular weight is 295 g/mol. The smallest absolute Gasteiger partial charge is 0.416 e. The molecule has 6 heteroatoms. The lowest BCUT2D eigenvalue weighted by Crippen LogP contribution is -2.03. The van der Waals surface area contributed by atoms with Gasteiger partial charge in [0.15, 0.2) is 11.4 Å². The molecule has 0 fully saturated rings. The average Bonchev–Trinajstić information content (AvgIpc) is 2.87. The van der Waals surface area contributed by atoms with Crippen molar-refractivity contribution in [2.24, 2.45) is 0 Å². The van der Waals surface area contributed by atoms with Crippen molar-refractivity contribution < 1.29 is 22.0 Å². The van der Waals surface area contributed by atoms with Gasteiger partial charge in [0.2, 0.25) is 5.89 Å². The van der Waals surface area contributed by atoms with Crippen LogP contribution in [0, 0.1) is 12.7 Å². The topological polar surface area (TPSA) is 26.0 Å². The Balaban J connectivity index is 2.06. The van der Waals surface area contributed by atoms with Gasteiger partial charge in [0, 0.05) is 5.56 Å². The fourth-order valence-corrected chi connectivity index (χ4v) is 1.98. The van der Waals surface area contributed by atoms with Gasteiger partial charge in [-0.25, -0.2) is 9.37 Å². The number of nitrogens with zero attached hydrogens (tertiary/aromatic N) is 1. The fourth-order valence-electron chi connectivity index (χ4n) is 1.98. The summed E-state index contributed by atoms with van der Waals surface area (Å²) in [6, 6.07) is 7.54. The lowest BCUT2D eigenvalue weighted by Gasteiger charge is -2.05. The predicted molar refractivity (Wildman–Crippen MR) is 69.1 cm³/mol. The van der Waals surface area contributed by atoms with Crippen LogP contribution in [0.3, 0.4) is 0 Å². The molecule has 3 rings (SSSR count). The number of halogens is 4. The standard InChI is InChI=1S/C15H9F4NO/c1-8-2-7-11-13(12(8)16)21-14(20-11)9-3-5-10(6-4-9)15(17,18)19/h2-7H,1H3. The van der Waals surface area contributed by atoms with Crippen LogP contribution in [0.25, 0.3) is 22.6 Å². The maximum atomic E-state index is 13.9. The second kappa shape index (κ2) is 4.58. The van der Waals surface area contributed by atoms with E-state index in [2.05, 4.69) is 4.98 Å². The molecule has 0 saturated heterocycles. The molecule has 0 unspecified atom stereocenters.